The van der Waals surface area contributed by atoms with E-state index in [-0.39, 0.29) is 11.9 Å². The van der Waals surface area contributed by atoms with Gasteiger partial charge in [-0.15, -0.1) is 0 Å². The molecule has 2 N–H and O–H groups in total. The van der Waals surface area contributed by atoms with Gasteiger partial charge in [-0.25, -0.2) is 5.01 Å². The number of rotatable bonds is 1. The van der Waals surface area contributed by atoms with Crippen molar-refractivity contribution in [2.75, 3.05) is 5.01 Å². The van der Waals surface area contributed by atoms with Crippen LogP contribution in [0.25, 0.3) is 0 Å². The molecule has 1 aliphatic rings. The summed E-state index contributed by atoms with van der Waals surface area (Å²) < 4.78 is 0. The molecule has 2 rings (SSSR count). The molecule has 0 bridgehead atoms. The number of anilines is 1. The highest BCUT2D eigenvalue weighted by molar-refractivity contribution is 5.96. The highest BCUT2D eigenvalue weighted by Crippen LogP contribution is 2.18. The largest absolute Gasteiger partial charge is 0.328 e. The van der Waals surface area contributed by atoms with E-state index >= 15 is 0 Å². The molecule has 1 aliphatic heterocycles. The van der Waals surface area contributed by atoms with Gasteiger partial charge in [-0.05, 0) is 38.3 Å². The molecule has 1 atom stereocenters. The maximum atomic E-state index is 12.2. The average molecular weight is 245 g/mol. The topological polar surface area (TPSA) is 58.7 Å². The maximum absolute atomic E-state index is 12.2. The first-order valence-electron chi connectivity index (χ1n) is 6.34. The zero-order chi connectivity index (χ0) is 13.0. The lowest BCUT2D eigenvalue weighted by Gasteiger charge is -2.17. The number of benzene rings is 1. The minimum absolute atomic E-state index is 0.0119. The summed E-state index contributed by atoms with van der Waals surface area (Å²) in [6, 6.07) is 9.63. The van der Waals surface area contributed by atoms with Gasteiger partial charge in [-0.1, -0.05) is 18.2 Å². The molecule has 0 radical (unpaired) electrons. The van der Waals surface area contributed by atoms with Crippen LogP contribution in [0, 0.1) is 0 Å². The van der Waals surface area contributed by atoms with Gasteiger partial charge in [0.15, 0.2) is 0 Å². The Hall–Kier alpha value is -1.68. The second-order valence-corrected chi connectivity index (χ2v) is 4.71. The molecule has 1 amide bonds. The third kappa shape index (κ3) is 3.17. The van der Waals surface area contributed by atoms with E-state index in [4.69, 9.17) is 5.73 Å². The highest BCUT2D eigenvalue weighted by atomic mass is 16.2. The lowest BCUT2D eigenvalue weighted by atomic mass is 10.1. The van der Waals surface area contributed by atoms with Gasteiger partial charge in [0.1, 0.15) is 0 Å². The quantitative estimate of drug-likeness (QED) is 0.825. The van der Waals surface area contributed by atoms with Crippen molar-refractivity contribution >= 4 is 17.3 Å². The van der Waals surface area contributed by atoms with E-state index in [0.717, 1.165) is 30.7 Å². The van der Waals surface area contributed by atoms with E-state index in [2.05, 4.69) is 5.10 Å². The number of amides is 1. The third-order valence-electron chi connectivity index (χ3n) is 3.11. The maximum Gasteiger partial charge on any atom is 0.247 e. The van der Waals surface area contributed by atoms with Gasteiger partial charge in [-0.2, -0.15) is 5.10 Å². The fraction of sp³-hybridized carbons (Fsp3) is 0.429. The summed E-state index contributed by atoms with van der Waals surface area (Å²) in [4.78, 5) is 12.2. The predicted molar refractivity (Wildman–Crippen MR) is 73.5 cm³/mol. The number of hydrogen-bond acceptors (Lipinski definition) is 3. The summed E-state index contributed by atoms with van der Waals surface area (Å²) in [5, 5.41) is 5.93. The predicted octanol–water partition coefficient (Wildman–Crippen LogP) is 2.30. The minimum atomic E-state index is 0.0119. The molecule has 96 valence electrons. The average Bonchev–Trinajstić information content (AvgIpc) is 2.45. The summed E-state index contributed by atoms with van der Waals surface area (Å²) in [7, 11) is 0. The van der Waals surface area contributed by atoms with Gasteiger partial charge in [0.2, 0.25) is 5.91 Å². The highest BCUT2D eigenvalue weighted by Gasteiger charge is 2.18. The summed E-state index contributed by atoms with van der Waals surface area (Å²) in [6.07, 6.45) is 2.92. The van der Waals surface area contributed by atoms with Crippen LogP contribution < -0.4 is 10.7 Å². The van der Waals surface area contributed by atoms with Crippen molar-refractivity contribution in [3.05, 3.63) is 30.3 Å². The van der Waals surface area contributed by atoms with Crippen LogP contribution in [-0.2, 0) is 4.79 Å². The van der Waals surface area contributed by atoms with Gasteiger partial charge in [-0.3, -0.25) is 4.79 Å². The van der Waals surface area contributed by atoms with Crippen molar-refractivity contribution in [3.63, 3.8) is 0 Å². The van der Waals surface area contributed by atoms with Crippen molar-refractivity contribution in [1.82, 2.24) is 0 Å². The summed E-state index contributed by atoms with van der Waals surface area (Å²) in [5.74, 6) is 0.0119. The number of nitrogens with two attached hydrogens (primary N) is 1. The van der Waals surface area contributed by atoms with Crippen molar-refractivity contribution < 1.29 is 4.79 Å². The van der Waals surface area contributed by atoms with Crippen LogP contribution in [0.4, 0.5) is 5.69 Å². The Labute approximate surface area is 107 Å². The Balaban J connectivity index is 2.28. The molecule has 1 aromatic rings. The van der Waals surface area contributed by atoms with Gasteiger partial charge in [0.25, 0.3) is 0 Å². The van der Waals surface area contributed by atoms with Crippen molar-refractivity contribution in [1.29, 1.82) is 0 Å². The van der Waals surface area contributed by atoms with E-state index in [0.29, 0.717) is 6.42 Å². The SMILES string of the molecule is C/C1=N/N(c2ccccc2)C(=O)CC[C@H](N)CC1. The standard InChI is InChI=1S/C14H19N3O/c1-11-7-8-12(15)9-10-14(18)17(16-11)13-5-3-2-4-6-13/h2-6,12H,7-10,15H2,1H3/b16-11-/t12-/m1/s1. The van der Waals surface area contributed by atoms with E-state index < -0.39 is 0 Å². The Bertz CT molecular complexity index is 442. The number of hydrazone groups is 1. The van der Waals surface area contributed by atoms with Crippen molar-refractivity contribution in [2.45, 2.75) is 38.6 Å². The van der Waals surface area contributed by atoms with Gasteiger partial charge in [0.05, 0.1) is 5.69 Å². The summed E-state index contributed by atoms with van der Waals surface area (Å²) in [6.45, 7) is 1.95. The van der Waals surface area contributed by atoms with Gasteiger partial charge >= 0.3 is 0 Å². The first-order valence-corrected chi connectivity index (χ1v) is 6.34. The molecule has 1 heterocycles. The lowest BCUT2D eigenvalue weighted by molar-refractivity contribution is -0.118. The molecule has 0 unspecified atom stereocenters. The molecule has 0 fully saturated rings. The van der Waals surface area contributed by atoms with Crippen LogP contribution >= 0.6 is 0 Å². The number of hydrogen-bond donors (Lipinski definition) is 1. The monoisotopic (exact) mass is 245 g/mol. The molecule has 0 saturated heterocycles. The number of carbonyl (C=O) groups excluding carboxylic acids is 1. The molecule has 0 aromatic heterocycles. The zero-order valence-electron chi connectivity index (χ0n) is 10.7. The van der Waals surface area contributed by atoms with E-state index in [9.17, 15) is 4.79 Å². The fourth-order valence-electron chi connectivity index (χ4n) is 2.00. The first-order chi connectivity index (χ1) is 8.66. The molecule has 18 heavy (non-hydrogen) atoms. The Morgan fingerprint density at radius 3 is 2.61 bits per heavy atom. The third-order valence-corrected chi connectivity index (χ3v) is 3.11. The first kappa shape index (κ1) is 12.8. The Morgan fingerprint density at radius 1 is 1.22 bits per heavy atom. The molecule has 0 saturated carbocycles. The normalized spacial score (nSPS) is 24.8. The van der Waals surface area contributed by atoms with Crippen LogP contribution in [0.15, 0.2) is 35.4 Å². The number of nitrogens with zero attached hydrogens (tertiary/aromatic N) is 2. The number of carbonyl (C=O) groups is 1. The van der Waals surface area contributed by atoms with Crippen LogP contribution in [-0.4, -0.2) is 17.7 Å². The fourth-order valence-corrected chi connectivity index (χ4v) is 2.00. The second-order valence-electron chi connectivity index (χ2n) is 4.71. The Kier molecular flexibility index (Phi) is 4.10. The van der Waals surface area contributed by atoms with Crippen LogP contribution in [0.1, 0.15) is 32.6 Å². The zero-order valence-corrected chi connectivity index (χ0v) is 10.7. The van der Waals surface area contributed by atoms with Crippen molar-refractivity contribution in [2.24, 2.45) is 10.8 Å². The van der Waals surface area contributed by atoms with Crippen LogP contribution in [0.2, 0.25) is 0 Å². The molecule has 0 spiro atoms. The van der Waals surface area contributed by atoms with E-state index in [1.807, 2.05) is 37.3 Å². The molecule has 4 nitrogen and oxygen atoms in total. The van der Waals surface area contributed by atoms with Crippen LogP contribution in [0.3, 0.4) is 0 Å². The molecule has 1 aromatic carbocycles. The van der Waals surface area contributed by atoms with Gasteiger partial charge < -0.3 is 5.73 Å². The van der Waals surface area contributed by atoms with E-state index in [1.165, 1.54) is 5.01 Å². The Morgan fingerprint density at radius 2 is 1.89 bits per heavy atom. The summed E-state index contributed by atoms with van der Waals surface area (Å²) in [5.41, 5.74) is 7.72. The van der Waals surface area contributed by atoms with Gasteiger partial charge in [0, 0.05) is 18.2 Å². The van der Waals surface area contributed by atoms with E-state index in [1.54, 1.807) is 0 Å². The van der Waals surface area contributed by atoms with Crippen LogP contribution in [0.5, 0.6) is 0 Å². The smallest absolute Gasteiger partial charge is 0.247 e. The molecular formula is C14H19N3O. The minimum Gasteiger partial charge on any atom is -0.328 e. The molecule has 4 heteroatoms. The number of para-hydroxylation sites is 1. The molecule has 0 aliphatic carbocycles. The molecular weight excluding hydrogens is 226 g/mol. The van der Waals surface area contributed by atoms with Crippen molar-refractivity contribution in [3.8, 4) is 0 Å². The second kappa shape index (κ2) is 5.78. The lowest BCUT2D eigenvalue weighted by Crippen LogP contribution is -2.27. The summed E-state index contributed by atoms with van der Waals surface area (Å²) >= 11 is 0.